The van der Waals surface area contributed by atoms with E-state index < -0.39 is 0 Å². The summed E-state index contributed by atoms with van der Waals surface area (Å²) < 4.78 is 4.24. The van der Waals surface area contributed by atoms with Gasteiger partial charge in [0.05, 0.1) is 0 Å². The molecule has 1 aromatic rings. The topological polar surface area (TPSA) is 49.3 Å². The van der Waals surface area contributed by atoms with E-state index in [1.165, 1.54) is 11.5 Å². The fourth-order valence-corrected chi connectivity index (χ4v) is 3.57. The van der Waals surface area contributed by atoms with Gasteiger partial charge in [0.15, 0.2) is 0 Å². The van der Waals surface area contributed by atoms with Gasteiger partial charge in [0, 0.05) is 44.1 Å². The molecule has 0 N–H and O–H groups in total. The number of hydrogen-bond donors (Lipinski definition) is 0. The van der Waals surface area contributed by atoms with Gasteiger partial charge in [0.25, 0.3) is 0 Å². The zero-order valence-corrected chi connectivity index (χ0v) is 13.0. The van der Waals surface area contributed by atoms with E-state index in [1.54, 1.807) is 0 Å². The van der Waals surface area contributed by atoms with Crippen molar-refractivity contribution < 1.29 is 4.79 Å². The van der Waals surface area contributed by atoms with Crippen LogP contribution >= 0.6 is 11.5 Å². The Morgan fingerprint density at radius 2 is 2.05 bits per heavy atom. The van der Waals surface area contributed by atoms with Crippen molar-refractivity contribution in [2.24, 2.45) is 11.8 Å². The molecule has 2 fully saturated rings. The van der Waals surface area contributed by atoms with E-state index in [9.17, 15) is 4.79 Å². The molecule has 0 bridgehead atoms. The zero-order chi connectivity index (χ0) is 14.1. The first-order valence-electron chi connectivity index (χ1n) is 7.43. The third-order valence-electron chi connectivity index (χ3n) is 4.24. The Kier molecular flexibility index (Phi) is 3.92. The number of rotatable bonds is 4. The van der Waals surface area contributed by atoms with Crippen molar-refractivity contribution >= 4 is 22.6 Å². The van der Waals surface area contributed by atoms with E-state index in [4.69, 9.17) is 0 Å². The Balaban J connectivity index is 1.47. The summed E-state index contributed by atoms with van der Waals surface area (Å²) in [6.45, 7) is 4.92. The second-order valence-corrected chi connectivity index (χ2v) is 6.78. The molecule has 1 saturated carbocycles. The van der Waals surface area contributed by atoms with Gasteiger partial charge < -0.3 is 9.80 Å². The van der Waals surface area contributed by atoms with E-state index in [2.05, 4.69) is 14.3 Å². The average molecular weight is 294 g/mol. The number of carbonyl (C=O) groups is 1. The summed E-state index contributed by atoms with van der Waals surface area (Å²) in [4.78, 5) is 20.7. The SMILES string of the molecule is Cc1nsc(N2CCC(CN(C)C(=O)C3CC3)CC2)n1. The fourth-order valence-electron chi connectivity index (χ4n) is 2.84. The molecule has 3 rings (SSSR count). The van der Waals surface area contributed by atoms with Crippen molar-refractivity contribution in [2.75, 3.05) is 31.6 Å². The molecule has 0 radical (unpaired) electrons. The van der Waals surface area contributed by atoms with Crippen molar-refractivity contribution in [1.82, 2.24) is 14.3 Å². The molecule has 1 saturated heterocycles. The van der Waals surface area contributed by atoms with Crippen molar-refractivity contribution in [2.45, 2.75) is 32.6 Å². The van der Waals surface area contributed by atoms with Crippen LogP contribution in [0, 0.1) is 18.8 Å². The number of amides is 1. The number of aryl methyl sites for hydroxylation is 1. The van der Waals surface area contributed by atoms with E-state index in [-0.39, 0.29) is 0 Å². The average Bonchev–Trinajstić information content (AvgIpc) is 3.21. The molecule has 1 aliphatic carbocycles. The second-order valence-electron chi connectivity index (χ2n) is 6.05. The highest BCUT2D eigenvalue weighted by molar-refractivity contribution is 7.09. The molecule has 0 unspecified atom stereocenters. The summed E-state index contributed by atoms with van der Waals surface area (Å²) in [5, 5.41) is 1.04. The Morgan fingerprint density at radius 3 is 2.60 bits per heavy atom. The van der Waals surface area contributed by atoms with E-state index in [0.717, 1.165) is 56.3 Å². The maximum absolute atomic E-state index is 12.0. The number of hydrogen-bond acceptors (Lipinski definition) is 5. The first kappa shape index (κ1) is 13.8. The van der Waals surface area contributed by atoms with Crippen LogP contribution in [0.1, 0.15) is 31.5 Å². The molecule has 6 heteroatoms. The Morgan fingerprint density at radius 1 is 1.35 bits per heavy atom. The van der Waals surface area contributed by atoms with Gasteiger partial charge >= 0.3 is 0 Å². The van der Waals surface area contributed by atoms with Gasteiger partial charge in [-0.3, -0.25) is 4.79 Å². The van der Waals surface area contributed by atoms with Crippen LogP contribution in [0.25, 0.3) is 0 Å². The first-order valence-corrected chi connectivity index (χ1v) is 8.21. The highest BCUT2D eigenvalue weighted by atomic mass is 32.1. The fraction of sp³-hybridized carbons (Fsp3) is 0.786. The third-order valence-corrected chi connectivity index (χ3v) is 5.11. The van der Waals surface area contributed by atoms with Crippen LogP contribution in [-0.4, -0.2) is 46.8 Å². The van der Waals surface area contributed by atoms with Crippen LogP contribution in [0.4, 0.5) is 5.13 Å². The molecule has 0 aromatic carbocycles. The summed E-state index contributed by atoms with van der Waals surface area (Å²) in [5.74, 6) is 2.19. The van der Waals surface area contributed by atoms with Gasteiger partial charge in [-0.05, 0) is 38.5 Å². The first-order chi connectivity index (χ1) is 9.63. The summed E-state index contributed by atoms with van der Waals surface area (Å²) in [7, 11) is 1.96. The predicted octanol–water partition coefficient (Wildman–Crippen LogP) is 1.93. The van der Waals surface area contributed by atoms with Crippen molar-refractivity contribution in [3.63, 3.8) is 0 Å². The molecule has 20 heavy (non-hydrogen) atoms. The normalized spacial score (nSPS) is 20.2. The van der Waals surface area contributed by atoms with E-state index in [1.807, 2.05) is 18.9 Å². The van der Waals surface area contributed by atoms with Gasteiger partial charge in [0.1, 0.15) is 5.82 Å². The second kappa shape index (κ2) is 5.68. The van der Waals surface area contributed by atoms with Crippen molar-refractivity contribution in [3.8, 4) is 0 Å². The maximum atomic E-state index is 12.0. The molecule has 0 atom stereocenters. The van der Waals surface area contributed by atoms with Crippen molar-refractivity contribution in [1.29, 1.82) is 0 Å². The number of piperidine rings is 1. The molecule has 110 valence electrons. The lowest BCUT2D eigenvalue weighted by molar-refractivity contribution is -0.131. The molecular weight excluding hydrogens is 272 g/mol. The third kappa shape index (κ3) is 3.11. The zero-order valence-electron chi connectivity index (χ0n) is 12.2. The summed E-state index contributed by atoms with van der Waals surface area (Å²) in [6, 6.07) is 0. The monoisotopic (exact) mass is 294 g/mol. The minimum Gasteiger partial charge on any atom is -0.347 e. The quantitative estimate of drug-likeness (QED) is 0.851. The molecule has 2 aliphatic rings. The van der Waals surface area contributed by atoms with Crippen LogP contribution in [0.15, 0.2) is 0 Å². The standard InChI is InChI=1S/C14H22N4OS/c1-10-15-14(20-16-10)18-7-5-11(6-8-18)9-17(2)13(19)12-3-4-12/h11-12H,3-9H2,1-2H3. The lowest BCUT2D eigenvalue weighted by Crippen LogP contribution is -2.39. The van der Waals surface area contributed by atoms with Crippen LogP contribution < -0.4 is 4.90 Å². The lowest BCUT2D eigenvalue weighted by Gasteiger charge is -2.33. The number of aromatic nitrogens is 2. The smallest absolute Gasteiger partial charge is 0.225 e. The van der Waals surface area contributed by atoms with Gasteiger partial charge in [-0.1, -0.05) is 0 Å². The highest BCUT2D eigenvalue weighted by Gasteiger charge is 2.33. The Labute approximate surface area is 124 Å². The molecule has 1 amide bonds. The number of anilines is 1. The minimum absolute atomic E-state index is 0.337. The van der Waals surface area contributed by atoms with Gasteiger partial charge in [-0.2, -0.15) is 4.37 Å². The largest absolute Gasteiger partial charge is 0.347 e. The maximum Gasteiger partial charge on any atom is 0.225 e. The number of carbonyl (C=O) groups excluding carboxylic acids is 1. The molecule has 1 aliphatic heterocycles. The van der Waals surface area contributed by atoms with E-state index in [0.29, 0.717) is 17.7 Å². The van der Waals surface area contributed by atoms with Gasteiger partial charge in [0.2, 0.25) is 11.0 Å². The summed E-state index contributed by atoms with van der Waals surface area (Å²) in [5.41, 5.74) is 0. The molecular formula is C14H22N4OS. The molecule has 0 spiro atoms. The van der Waals surface area contributed by atoms with Crippen LogP contribution in [-0.2, 0) is 4.79 Å². The minimum atomic E-state index is 0.337. The number of nitrogens with zero attached hydrogens (tertiary/aromatic N) is 4. The molecule has 5 nitrogen and oxygen atoms in total. The molecule has 2 heterocycles. The van der Waals surface area contributed by atoms with E-state index >= 15 is 0 Å². The predicted molar refractivity (Wildman–Crippen MR) is 79.9 cm³/mol. The molecule has 1 aromatic heterocycles. The summed E-state index contributed by atoms with van der Waals surface area (Å²) in [6.07, 6.45) is 4.47. The van der Waals surface area contributed by atoms with Gasteiger partial charge in [-0.15, -0.1) is 0 Å². The van der Waals surface area contributed by atoms with Crippen molar-refractivity contribution in [3.05, 3.63) is 5.82 Å². The lowest BCUT2D eigenvalue weighted by atomic mass is 9.96. The summed E-state index contributed by atoms with van der Waals surface area (Å²) >= 11 is 1.49. The highest BCUT2D eigenvalue weighted by Crippen LogP contribution is 2.31. The Bertz CT molecular complexity index is 477. The Hall–Kier alpha value is -1.17. The van der Waals surface area contributed by atoms with Gasteiger partial charge in [-0.25, -0.2) is 4.98 Å². The van der Waals surface area contributed by atoms with Crippen LogP contribution in [0.5, 0.6) is 0 Å². The van der Waals surface area contributed by atoms with Crippen LogP contribution in [0.2, 0.25) is 0 Å². The van der Waals surface area contributed by atoms with Crippen LogP contribution in [0.3, 0.4) is 0 Å².